The third kappa shape index (κ3) is 27.6. The number of anilines is 2. The van der Waals surface area contributed by atoms with Crippen LogP contribution in [0.1, 0.15) is 208 Å². The Morgan fingerprint density at radius 3 is 1.10 bits per heavy atom. The molecule has 0 bridgehead atoms. The summed E-state index contributed by atoms with van der Waals surface area (Å²) >= 11 is 0. The predicted molar refractivity (Wildman–Crippen MR) is 359 cm³/mol. The number of methoxy groups -OCH3 is 4. The van der Waals surface area contributed by atoms with E-state index in [1.807, 2.05) is 24.3 Å². The fourth-order valence-electron chi connectivity index (χ4n) is 11.5. The molecule has 0 aromatic heterocycles. The second-order valence-corrected chi connectivity index (χ2v) is 27.7. The molecule has 0 saturated carbocycles. The molecule has 4 aromatic carbocycles. The van der Waals surface area contributed by atoms with Crippen LogP contribution in [0.25, 0.3) is 0 Å². The first-order valence-corrected chi connectivity index (χ1v) is 33.0. The minimum atomic E-state index is -0.764. The smallest absolute Gasteiger partial charge is 0.412 e. The summed E-state index contributed by atoms with van der Waals surface area (Å²) in [5.74, 6) is 5.69. The highest BCUT2D eigenvalue weighted by Gasteiger charge is 2.31. The first-order chi connectivity index (χ1) is 42.1. The van der Waals surface area contributed by atoms with Crippen molar-refractivity contribution >= 4 is 23.6 Å². The van der Waals surface area contributed by atoms with Crippen molar-refractivity contribution < 1.29 is 62.4 Å². The largest absolute Gasteiger partial charge is 0.506 e. The molecule has 0 fully saturated rings. The van der Waals surface area contributed by atoms with Gasteiger partial charge in [0.2, 0.25) is 0 Å². The molecule has 15 heteroatoms. The number of ether oxygens (including phenoxy) is 9. The van der Waals surface area contributed by atoms with Crippen molar-refractivity contribution in [1.29, 1.82) is 0 Å². The number of hydrogen-bond acceptors (Lipinski definition) is 13. The van der Waals surface area contributed by atoms with E-state index in [9.17, 15) is 19.8 Å². The Bertz CT molecular complexity index is 2510. The van der Waals surface area contributed by atoms with E-state index in [2.05, 4.69) is 90.3 Å². The number of benzene rings is 4. The second kappa shape index (κ2) is 38.1. The lowest BCUT2D eigenvalue weighted by atomic mass is 9.81. The highest BCUT2D eigenvalue weighted by Crippen LogP contribution is 2.44. The molecule has 500 valence electrons. The van der Waals surface area contributed by atoms with Crippen molar-refractivity contribution in [1.82, 2.24) is 0 Å². The Kier molecular flexibility index (Phi) is 32.3. The van der Waals surface area contributed by atoms with E-state index in [0.29, 0.717) is 74.8 Å². The van der Waals surface area contributed by atoms with Crippen molar-refractivity contribution in [2.45, 2.75) is 210 Å². The molecule has 0 saturated heterocycles. The number of phenols is 2. The maximum Gasteiger partial charge on any atom is 0.412 e. The van der Waals surface area contributed by atoms with Crippen LogP contribution in [0.15, 0.2) is 72.8 Å². The quantitative estimate of drug-likeness (QED) is 0.0244. The van der Waals surface area contributed by atoms with Crippen LogP contribution in [0.3, 0.4) is 0 Å². The number of carbonyl (C=O) groups is 2. The van der Waals surface area contributed by atoms with Gasteiger partial charge in [0.25, 0.3) is 0 Å². The van der Waals surface area contributed by atoms with Gasteiger partial charge in [0.15, 0.2) is 23.0 Å². The number of rotatable bonds is 40. The Hall–Kier alpha value is -5.90. The number of nitrogens with one attached hydrogen (secondary N) is 2. The van der Waals surface area contributed by atoms with Gasteiger partial charge in [-0.3, -0.25) is 10.6 Å². The summed E-state index contributed by atoms with van der Waals surface area (Å²) in [6.45, 7) is 31.5. The standard InChI is InChI=1S/C74H116N2O13/c1-49(2)55(41-53-29-35-65(83-17)69(43-53)85-39-23-37-81-15)25-19-21-27-57(51(5)6)47-67(59-31-33-63(77)61(45-59)75-71(79)88-73(9,10)11)87-68(60-32-34-64(78)62(46-60)76-72(80)89-74(12,13)14)48-58(52(7)8)28-22-20-26-56(50(3)4)42-54-30-36-66(84-18)70(44-54)86-40-24-38-82-16/h29-36,43-46,49-52,55-58,67-68,77-78H,19-28,37-42,47-48H2,1-18H3,(H,75,79)(H,76,80)/t55-,56-,57-,58+,67+,68-/m0/s1. The van der Waals surface area contributed by atoms with Crippen LogP contribution in [0.5, 0.6) is 34.5 Å². The minimum Gasteiger partial charge on any atom is -0.506 e. The molecule has 0 heterocycles. The molecule has 2 amide bonds. The maximum atomic E-state index is 13.3. The third-order valence-electron chi connectivity index (χ3n) is 16.9. The minimum absolute atomic E-state index is 0.0945. The summed E-state index contributed by atoms with van der Waals surface area (Å²) in [6, 6.07) is 23.2. The van der Waals surface area contributed by atoms with Crippen LogP contribution in [-0.4, -0.2) is 88.5 Å². The number of amides is 2. The molecule has 4 aromatic rings. The highest BCUT2D eigenvalue weighted by atomic mass is 16.6. The highest BCUT2D eigenvalue weighted by molar-refractivity contribution is 5.87. The van der Waals surface area contributed by atoms with Crippen molar-refractivity contribution in [3.8, 4) is 34.5 Å². The fourth-order valence-corrected chi connectivity index (χ4v) is 11.5. The van der Waals surface area contributed by atoms with Crippen LogP contribution < -0.4 is 29.6 Å². The van der Waals surface area contributed by atoms with Crippen molar-refractivity contribution in [2.24, 2.45) is 47.3 Å². The molecule has 0 aliphatic carbocycles. The Labute approximate surface area is 536 Å². The van der Waals surface area contributed by atoms with E-state index in [-0.39, 0.29) is 34.7 Å². The van der Waals surface area contributed by atoms with E-state index in [0.717, 1.165) is 111 Å². The maximum absolute atomic E-state index is 13.3. The van der Waals surface area contributed by atoms with Gasteiger partial charge < -0.3 is 52.8 Å². The SMILES string of the molecule is COCCCOc1cc(C[C@H](CCCC[C@H](C[C@H](O[C@H](C[C@H](CCCC[C@@H](Cc2ccc(OC)c(OCCCOC)c2)C(C)C)C(C)C)c2ccc(O)c(NC(=O)OC(C)(C)C)c2)c2ccc(O)c(NC(=O)OC(C)(C)C)c2)C(C)C)C(C)C)ccc1OC. The van der Waals surface area contributed by atoms with E-state index in [1.165, 1.54) is 11.1 Å². The van der Waals surface area contributed by atoms with Crippen LogP contribution in [0, 0.1) is 47.3 Å². The first-order valence-electron chi connectivity index (χ1n) is 33.0. The second-order valence-electron chi connectivity index (χ2n) is 27.7. The van der Waals surface area contributed by atoms with Crippen molar-refractivity contribution in [3.05, 3.63) is 95.1 Å². The molecule has 0 aliphatic heterocycles. The van der Waals surface area contributed by atoms with E-state index in [1.54, 1.807) is 94.2 Å². The Morgan fingerprint density at radius 1 is 0.438 bits per heavy atom. The number of unbranched alkanes of at least 4 members (excludes halogenated alkanes) is 2. The number of carbonyl (C=O) groups excluding carboxylic acids is 2. The molecular formula is C74H116N2O13. The predicted octanol–water partition coefficient (Wildman–Crippen LogP) is 18.9. The molecule has 0 aliphatic rings. The summed E-state index contributed by atoms with van der Waals surface area (Å²) in [4.78, 5) is 26.6. The van der Waals surface area contributed by atoms with Gasteiger partial charge in [-0.1, -0.05) is 118 Å². The third-order valence-corrected chi connectivity index (χ3v) is 16.9. The zero-order valence-electron chi connectivity index (χ0n) is 57.8. The first kappa shape index (κ1) is 75.6. The summed E-state index contributed by atoms with van der Waals surface area (Å²) in [6.07, 6.45) is 10.6. The zero-order chi connectivity index (χ0) is 65.8. The monoisotopic (exact) mass is 1240 g/mol. The van der Waals surface area contributed by atoms with E-state index < -0.39 is 35.6 Å². The Morgan fingerprint density at radius 2 is 0.787 bits per heavy atom. The Balaban J connectivity index is 1.70. The van der Waals surface area contributed by atoms with Crippen molar-refractivity contribution in [3.63, 3.8) is 0 Å². The lowest BCUT2D eigenvalue weighted by Crippen LogP contribution is -2.27. The average Bonchev–Trinajstić information content (AvgIpc) is 2.46. The summed E-state index contributed by atoms with van der Waals surface area (Å²) in [7, 11) is 6.75. The molecule has 0 unspecified atom stereocenters. The molecule has 0 radical (unpaired) electrons. The van der Waals surface area contributed by atoms with Gasteiger partial charge in [0.1, 0.15) is 22.7 Å². The zero-order valence-corrected chi connectivity index (χ0v) is 57.8. The lowest BCUT2D eigenvalue weighted by Gasteiger charge is -2.33. The van der Waals surface area contributed by atoms with Gasteiger partial charge in [-0.15, -0.1) is 0 Å². The van der Waals surface area contributed by atoms with Crippen molar-refractivity contribution in [2.75, 3.05) is 65.5 Å². The topological polar surface area (TPSA) is 182 Å². The molecule has 4 rings (SSSR count). The lowest BCUT2D eigenvalue weighted by molar-refractivity contribution is -0.0461. The summed E-state index contributed by atoms with van der Waals surface area (Å²) in [5, 5.41) is 28.2. The van der Waals surface area contributed by atoms with Crippen LogP contribution >= 0.6 is 0 Å². The molecular weight excluding hydrogens is 1120 g/mol. The summed E-state index contributed by atoms with van der Waals surface area (Å²) in [5.41, 5.74) is 2.95. The summed E-state index contributed by atoms with van der Waals surface area (Å²) < 4.78 is 53.1. The fraction of sp³-hybridized carbons (Fsp3) is 0.649. The number of phenolic OH excluding ortho intramolecular Hbond substituents is 2. The van der Waals surface area contributed by atoms with Crippen LogP contribution in [0.2, 0.25) is 0 Å². The molecule has 89 heavy (non-hydrogen) atoms. The van der Waals surface area contributed by atoms with Gasteiger partial charge in [-0.05, 0) is 198 Å². The average molecular weight is 1240 g/mol. The van der Waals surface area contributed by atoms with Gasteiger partial charge >= 0.3 is 12.2 Å². The normalized spacial score (nSPS) is 14.1. The number of aromatic hydroxyl groups is 2. The molecule has 0 spiro atoms. The molecule has 6 atom stereocenters. The molecule has 4 N–H and O–H groups in total. The van der Waals surface area contributed by atoms with Crippen LogP contribution in [-0.2, 0) is 36.5 Å². The molecule has 15 nitrogen and oxygen atoms in total. The number of hydrogen-bond donors (Lipinski definition) is 4. The van der Waals surface area contributed by atoms with Gasteiger partial charge in [-0.25, -0.2) is 9.59 Å². The van der Waals surface area contributed by atoms with E-state index >= 15 is 0 Å². The van der Waals surface area contributed by atoms with E-state index in [4.69, 9.17) is 42.6 Å². The van der Waals surface area contributed by atoms with Gasteiger partial charge in [0, 0.05) is 40.3 Å². The van der Waals surface area contributed by atoms with Gasteiger partial charge in [-0.2, -0.15) is 0 Å². The van der Waals surface area contributed by atoms with Gasteiger partial charge in [0.05, 0.1) is 51.0 Å². The van der Waals surface area contributed by atoms with Crippen LogP contribution in [0.4, 0.5) is 21.0 Å².